The predicted octanol–water partition coefficient (Wildman–Crippen LogP) is 3.47. The van der Waals surface area contributed by atoms with E-state index >= 15 is 0 Å². The van der Waals surface area contributed by atoms with Crippen molar-refractivity contribution in [1.29, 1.82) is 0 Å². The Morgan fingerprint density at radius 1 is 0.958 bits per heavy atom. The Balaban J connectivity index is 0.000000987. The zero-order valence-electron chi connectivity index (χ0n) is 13.7. The summed E-state index contributed by atoms with van der Waals surface area (Å²) < 4.78 is 0. The fourth-order valence-corrected chi connectivity index (χ4v) is 2.47. The minimum atomic E-state index is 0. The van der Waals surface area contributed by atoms with E-state index in [1.54, 1.807) is 6.33 Å². The SMILES string of the molecule is Cc1[c-]c(-c2ncnc3c(C)cccc23)cc(C)c1.[CH-]=O.[CH-]=O.[Os]. The number of carbonyl (C=O) groups excluding carboxylic acids is 2. The fraction of sp³-hybridized carbons (Fsp3) is 0.158. The van der Waals surface area contributed by atoms with Gasteiger partial charge in [-0.15, -0.1) is 34.9 Å². The van der Waals surface area contributed by atoms with Crippen molar-refractivity contribution in [3.8, 4) is 11.3 Å². The smallest absolute Gasteiger partial charge is 0.106 e. The van der Waals surface area contributed by atoms with Crippen molar-refractivity contribution in [2.45, 2.75) is 20.8 Å². The number of rotatable bonds is 1. The Morgan fingerprint density at radius 2 is 1.62 bits per heavy atom. The molecule has 0 bridgehead atoms. The van der Waals surface area contributed by atoms with Crippen LogP contribution in [0.1, 0.15) is 16.7 Å². The van der Waals surface area contributed by atoms with E-state index in [-0.39, 0.29) is 19.8 Å². The first-order valence-corrected chi connectivity index (χ1v) is 6.83. The summed E-state index contributed by atoms with van der Waals surface area (Å²) in [6.45, 7) is 12.7. The van der Waals surface area contributed by atoms with Crippen LogP contribution in [0.4, 0.5) is 0 Å². The number of nitrogens with zero attached hydrogens (tertiary/aromatic N) is 2. The largest absolute Gasteiger partial charge is 0.545 e. The molecule has 1 aromatic heterocycles. The van der Waals surface area contributed by atoms with Gasteiger partial charge in [-0.25, -0.2) is 4.98 Å². The van der Waals surface area contributed by atoms with E-state index in [0.29, 0.717) is 0 Å². The van der Waals surface area contributed by atoms with Crippen LogP contribution in [-0.4, -0.2) is 23.5 Å². The summed E-state index contributed by atoms with van der Waals surface area (Å²) in [6.07, 6.45) is 1.64. The molecule has 126 valence electrons. The molecule has 24 heavy (non-hydrogen) atoms. The maximum atomic E-state index is 7.75. The van der Waals surface area contributed by atoms with Crippen molar-refractivity contribution in [3.63, 3.8) is 0 Å². The number of benzene rings is 2. The van der Waals surface area contributed by atoms with Crippen LogP contribution in [0.15, 0.2) is 36.7 Å². The molecule has 0 amide bonds. The Labute approximate surface area is 155 Å². The maximum absolute atomic E-state index is 7.75. The minimum absolute atomic E-state index is 0. The summed E-state index contributed by atoms with van der Waals surface area (Å²) in [5.41, 5.74) is 6.54. The van der Waals surface area contributed by atoms with Crippen molar-refractivity contribution in [2.24, 2.45) is 0 Å². The average molecular weight is 496 g/mol. The molecule has 0 radical (unpaired) electrons. The zero-order chi connectivity index (χ0) is 17.4. The molecule has 3 rings (SSSR count). The molecule has 0 spiro atoms. The van der Waals surface area contributed by atoms with Crippen LogP contribution in [0.25, 0.3) is 22.2 Å². The summed E-state index contributed by atoms with van der Waals surface area (Å²) in [6, 6.07) is 13.8. The van der Waals surface area contributed by atoms with E-state index < -0.39 is 0 Å². The molecule has 1 heterocycles. The maximum Gasteiger partial charge on any atom is 0.106 e. The molecule has 0 N–H and O–H groups in total. The third-order valence-corrected chi connectivity index (χ3v) is 3.27. The molecular weight excluding hydrogens is 478 g/mol. The van der Waals surface area contributed by atoms with Crippen molar-refractivity contribution < 1.29 is 29.4 Å². The van der Waals surface area contributed by atoms with Crippen LogP contribution in [0, 0.1) is 26.8 Å². The second-order valence-corrected chi connectivity index (χ2v) is 4.95. The van der Waals surface area contributed by atoms with Crippen LogP contribution < -0.4 is 0 Å². The number of fused-ring (bicyclic) bond motifs is 1. The van der Waals surface area contributed by atoms with E-state index in [9.17, 15) is 0 Å². The molecule has 2 aromatic carbocycles. The molecule has 0 unspecified atom stereocenters. The standard InChI is InChI=1S/C17H15N2.2CHO.Os/c1-11-7-12(2)9-14(8-11)17-15-6-4-5-13(3)16(15)18-10-19-17;2*1-2;/h4-8,10H,1-3H3;2*1H;/q3*-1;. The van der Waals surface area contributed by atoms with E-state index in [1.165, 1.54) is 11.1 Å². The molecule has 0 aliphatic rings. The van der Waals surface area contributed by atoms with Gasteiger partial charge in [0.2, 0.25) is 0 Å². The van der Waals surface area contributed by atoms with E-state index in [4.69, 9.17) is 9.59 Å². The zero-order valence-corrected chi connectivity index (χ0v) is 16.2. The van der Waals surface area contributed by atoms with Gasteiger partial charge in [-0.2, -0.15) is 0 Å². The molecule has 0 saturated carbocycles. The van der Waals surface area contributed by atoms with E-state index in [0.717, 1.165) is 27.7 Å². The van der Waals surface area contributed by atoms with Crippen molar-refractivity contribution in [3.05, 3.63) is 59.4 Å². The summed E-state index contributed by atoms with van der Waals surface area (Å²) in [7, 11) is 0. The van der Waals surface area contributed by atoms with Crippen LogP contribution in [0.5, 0.6) is 0 Å². The van der Waals surface area contributed by atoms with Crippen LogP contribution >= 0.6 is 0 Å². The van der Waals surface area contributed by atoms with Crippen molar-refractivity contribution in [2.75, 3.05) is 0 Å². The monoisotopic (exact) mass is 497 g/mol. The Hall–Kier alpha value is -2.24. The van der Waals surface area contributed by atoms with Crippen LogP contribution in [-0.2, 0) is 29.4 Å². The number of hydrogen-bond donors (Lipinski definition) is 0. The van der Waals surface area contributed by atoms with Gasteiger partial charge in [0, 0.05) is 19.8 Å². The van der Waals surface area contributed by atoms with Crippen LogP contribution in [0.3, 0.4) is 0 Å². The first kappa shape index (κ1) is 21.8. The fourth-order valence-electron chi connectivity index (χ4n) is 2.47. The van der Waals surface area contributed by atoms with Crippen molar-refractivity contribution in [1.82, 2.24) is 9.97 Å². The van der Waals surface area contributed by atoms with E-state index in [2.05, 4.69) is 74.6 Å². The Bertz CT molecular complexity index is 784. The van der Waals surface area contributed by atoms with Gasteiger partial charge < -0.3 is 9.59 Å². The molecule has 0 fully saturated rings. The normalized spacial score (nSPS) is 8.96. The Morgan fingerprint density at radius 3 is 2.25 bits per heavy atom. The number of hydrogen-bond acceptors (Lipinski definition) is 4. The summed E-state index contributed by atoms with van der Waals surface area (Å²) in [5, 5.41) is 1.09. The second kappa shape index (κ2) is 10.5. The Kier molecular flexibility index (Phi) is 9.53. The molecule has 0 atom stereocenters. The second-order valence-electron chi connectivity index (χ2n) is 4.95. The third kappa shape index (κ3) is 4.88. The topological polar surface area (TPSA) is 59.9 Å². The van der Waals surface area contributed by atoms with E-state index in [1.807, 2.05) is 6.07 Å². The predicted molar refractivity (Wildman–Crippen MR) is 91.5 cm³/mol. The molecule has 3 aromatic rings. The minimum Gasteiger partial charge on any atom is -0.545 e. The third-order valence-electron chi connectivity index (χ3n) is 3.27. The summed E-state index contributed by atoms with van der Waals surface area (Å²) >= 11 is 0. The van der Waals surface area contributed by atoms with Gasteiger partial charge in [0.25, 0.3) is 0 Å². The van der Waals surface area contributed by atoms with Gasteiger partial charge in [-0.3, -0.25) is 18.6 Å². The van der Waals surface area contributed by atoms with Crippen LogP contribution in [0.2, 0.25) is 0 Å². The summed E-state index contributed by atoms with van der Waals surface area (Å²) in [5.74, 6) is 0. The number of aryl methyl sites for hydroxylation is 3. The molecule has 0 saturated heterocycles. The molecule has 0 aliphatic heterocycles. The van der Waals surface area contributed by atoms with Gasteiger partial charge in [-0.05, 0) is 23.6 Å². The molecule has 5 heteroatoms. The number of para-hydroxylation sites is 1. The van der Waals surface area contributed by atoms with Gasteiger partial charge in [0.15, 0.2) is 0 Å². The first-order chi connectivity index (χ1) is 11.1. The van der Waals surface area contributed by atoms with Gasteiger partial charge >= 0.3 is 0 Å². The molecule has 0 aliphatic carbocycles. The molecule has 4 nitrogen and oxygen atoms in total. The van der Waals surface area contributed by atoms with Gasteiger partial charge in [0.1, 0.15) is 6.33 Å². The first-order valence-electron chi connectivity index (χ1n) is 6.83. The van der Waals surface area contributed by atoms with Gasteiger partial charge in [-0.1, -0.05) is 32.0 Å². The summed E-state index contributed by atoms with van der Waals surface area (Å²) in [4.78, 5) is 24.3. The quantitative estimate of drug-likeness (QED) is 0.383. The molecular formula is C19H17N2O2Os-3. The number of aromatic nitrogens is 2. The average Bonchev–Trinajstić information content (AvgIpc) is 2.57. The van der Waals surface area contributed by atoms with Gasteiger partial charge in [0.05, 0.1) is 5.52 Å². The van der Waals surface area contributed by atoms with Crippen molar-refractivity contribution >= 4 is 24.5 Å².